The zero-order valence-electron chi connectivity index (χ0n) is 12.1. The Morgan fingerprint density at radius 2 is 2.17 bits per heavy atom. The molecule has 18 heavy (non-hydrogen) atoms. The highest BCUT2D eigenvalue weighted by molar-refractivity contribution is 4.88. The van der Waals surface area contributed by atoms with E-state index in [1.807, 2.05) is 0 Å². The quantitative estimate of drug-likeness (QED) is 0.836. The second kappa shape index (κ2) is 6.88. The second-order valence-electron chi connectivity index (χ2n) is 6.18. The summed E-state index contributed by atoms with van der Waals surface area (Å²) < 4.78 is 5.66. The van der Waals surface area contributed by atoms with E-state index in [0.29, 0.717) is 18.0 Å². The molecule has 0 aromatic heterocycles. The van der Waals surface area contributed by atoms with Gasteiger partial charge in [-0.05, 0) is 44.4 Å². The Kier molecular flexibility index (Phi) is 5.46. The van der Waals surface area contributed by atoms with Crippen LogP contribution in [0.25, 0.3) is 0 Å². The SMILES string of the molecule is CCC1CCC(C)N(C(CN)C2CCCOC2)C1. The molecule has 2 rings (SSSR count). The van der Waals surface area contributed by atoms with Gasteiger partial charge in [0.1, 0.15) is 0 Å². The zero-order valence-corrected chi connectivity index (χ0v) is 12.1. The predicted octanol–water partition coefficient (Wildman–Crippen LogP) is 2.25. The molecule has 4 atom stereocenters. The molecule has 2 heterocycles. The van der Waals surface area contributed by atoms with Gasteiger partial charge < -0.3 is 10.5 Å². The van der Waals surface area contributed by atoms with Crippen molar-refractivity contribution >= 4 is 0 Å². The average molecular weight is 254 g/mol. The molecule has 2 N–H and O–H groups in total. The highest BCUT2D eigenvalue weighted by Crippen LogP contribution is 2.30. The third kappa shape index (κ3) is 3.25. The number of piperidine rings is 1. The molecule has 0 aromatic rings. The molecule has 2 fully saturated rings. The number of hydrogen-bond acceptors (Lipinski definition) is 3. The molecule has 0 aliphatic carbocycles. The van der Waals surface area contributed by atoms with Gasteiger partial charge in [-0.1, -0.05) is 13.3 Å². The minimum Gasteiger partial charge on any atom is -0.381 e. The van der Waals surface area contributed by atoms with Crippen molar-refractivity contribution in [2.75, 3.05) is 26.3 Å². The van der Waals surface area contributed by atoms with Gasteiger partial charge in [0.15, 0.2) is 0 Å². The topological polar surface area (TPSA) is 38.5 Å². The van der Waals surface area contributed by atoms with Crippen LogP contribution in [0.1, 0.15) is 46.0 Å². The lowest BCUT2D eigenvalue weighted by Gasteiger charge is -2.46. The van der Waals surface area contributed by atoms with E-state index in [1.54, 1.807) is 0 Å². The van der Waals surface area contributed by atoms with E-state index < -0.39 is 0 Å². The van der Waals surface area contributed by atoms with E-state index in [9.17, 15) is 0 Å². The van der Waals surface area contributed by atoms with Gasteiger partial charge in [0.05, 0.1) is 6.61 Å². The fourth-order valence-electron chi connectivity index (χ4n) is 3.68. The van der Waals surface area contributed by atoms with Crippen molar-refractivity contribution in [2.45, 2.75) is 58.0 Å². The third-order valence-electron chi connectivity index (χ3n) is 5.01. The highest BCUT2D eigenvalue weighted by atomic mass is 16.5. The number of hydrogen-bond donors (Lipinski definition) is 1. The molecule has 0 spiro atoms. The lowest BCUT2D eigenvalue weighted by molar-refractivity contribution is -0.0167. The number of likely N-dealkylation sites (tertiary alicyclic amines) is 1. The van der Waals surface area contributed by atoms with E-state index in [0.717, 1.165) is 25.7 Å². The number of rotatable bonds is 4. The second-order valence-corrected chi connectivity index (χ2v) is 6.18. The van der Waals surface area contributed by atoms with Crippen LogP contribution < -0.4 is 5.73 Å². The summed E-state index contributed by atoms with van der Waals surface area (Å²) in [4.78, 5) is 2.69. The van der Waals surface area contributed by atoms with Crippen molar-refractivity contribution in [2.24, 2.45) is 17.6 Å². The molecule has 2 aliphatic heterocycles. The summed E-state index contributed by atoms with van der Waals surface area (Å²) in [6, 6.07) is 1.23. The number of nitrogens with two attached hydrogens (primary N) is 1. The summed E-state index contributed by atoms with van der Waals surface area (Å²) >= 11 is 0. The molecule has 2 saturated heterocycles. The maximum atomic E-state index is 6.09. The summed E-state index contributed by atoms with van der Waals surface area (Å²) in [6.07, 6.45) is 6.54. The minimum atomic E-state index is 0.537. The lowest BCUT2D eigenvalue weighted by atomic mass is 9.86. The smallest absolute Gasteiger partial charge is 0.0509 e. The summed E-state index contributed by atoms with van der Waals surface area (Å²) in [5, 5.41) is 0. The summed E-state index contributed by atoms with van der Waals surface area (Å²) in [5.41, 5.74) is 6.09. The van der Waals surface area contributed by atoms with Crippen LogP contribution in [-0.2, 0) is 4.74 Å². The Bertz CT molecular complexity index is 241. The van der Waals surface area contributed by atoms with Crippen LogP contribution in [-0.4, -0.2) is 43.3 Å². The van der Waals surface area contributed by atoms with Crippen molar-refractivity contribution in [1.29, 1.82) is 0 Å². The molecule has 4 unspecified atom stereocenters. The molecule has 106 valence electrons. The van der Waals surface area contributed by atoms with Crippen LogP contribution in [0, 0.1) is 11.8 Å². The summed E-state index contributed by atoms with van der Waals surface area (Å²) in [5.74, 6) is 1.53. The van der Waals surface area contributed by atoms with Crippen molar-refractivity contribution in [3.63, 3.8) is 0 Å². The van der Waals surface area contributed by atoms with Gasteiger partial charge in [0, 0.05) is 31.8 Å². The summed E-state index contributed by atoms with van der Waals surface area (Å²) in [6.45, 7) is 8.59. The molecule has 0 radical (unpaired) electrons. The molecule has 0 amide bonds. The predicted molar refractivity (Wildman–Crippen MR) is 75.6 cm³/mol. The first-order valence-corrected chi connectivity index (χ1v) is 7.79. The van der Waals surface area contributed by atoms with Crippen LogP contribution in [0.2, 0.25) is 0 Å². The van der Waals surface area contributed by atoms with E-state index in [1.165, 1.54) is 38.6 Å². The third-order valence-corrected chi connectivity index (χ3v) is 5.01. The molecule has 0 aromatic carbocycles. The maximum absolute atomic E-state index is 6.09. The number of nitrogens with zero attached hydrogens (tertiary/aromatic N) is 1. The van der Waals surface area contributed by atoms with E-state index in [2.05, 4.69) is 18.7 Å². The first-order valence-electron chi connectivity index (χ1n) is 7.79. The Hall–Kier alpha value is -0.120. The highest BCUT2D eigenvalue weighted by Gasteiger charge is 2.34. The largest absolute Gasteiger partial charge is 0.381 e. The van der Waals surface area contributed by atoms with Crippen molar-refractivity contribution in [1.82, 2.24) is 4.90 Å². The normalized spacial score (nSPS) is 36.5. The lowest BCUT2D eigenvalue weighted by Crippen LogP contribution is -2.54. The van der Waals surface area contributed by atoms with Crippen molar-refractivity contribution in [3.8, 4) is 0 Å². The first-order chi connectivity index (χ1) is 8.76. The molecule has 2 aliphatic rings. The fourth-order valence-corrected chi connectivity index (χ4v) is 3.68. The molecular formula is C15H30N2O. The van der Waals surface area contributed by atoms with Crippen molar-refractivity contribution in [3.05, 3.63) is 0 Å². The fraction of sp³-hybridized carbons (Fsp3) is 1.00. The monoisotopic (exact) mass is 254 g/mol. The van der Waals surface area contributed by atoms with Crippen molar-refractivity contribution < 1.29 is 4.74 Å². The van der Waals surface area contributed by atoms with Gasteiger partial charge in [-0.2, -0.15) is 0 Å². The van der Waals surface area contributed by atoms with Crippen LogP contribution in [0.4, 0.5) is 0 Å². The average Bonchev–Trinajstić information content (AvgIpc) is 2.43. The zero-order chi connectivity index (χ0) is 13.0. The molecule has 3 heteroatoms. The molecule has 3 nitrogen and oxygen atoms in total. The van der Waals surface area contributed by atoms with Gasteiger partial charge in [-0.25, -0.2) is 0 Å². The maximum Gasteiger partial charge on any atom is 0.0509 e. The van der Waals surface area contributed by atoms with Crippen LogP contribution in [0.3, 0.4) is 0 Å². The first kappa shape index (κ1) is 14.3. The van der Waals surface area contributed by atoms with Crippen LogP contribution >= 0.6 is 0 Å². The molecule has 0 bridgehead atoms. The van der Waals surface area contributed by atoms with Crippen LogP contribution in [0.15, 0.2) is 0 Å². The van der Waals surface area contributed by atoms with Crippen LogP contribution in [0.5, 0.6) is 0 Å². The Balaban J connectivity index is 1.99. The Labute approximate surface area is 112 Å². The Morgan fingerprint density at radius 1 is 1.33 bits per heavy atom. The van der Waals surface area contributed by atoms with Gasteiger partial charge in [-0.15, -0.1) is 0 Å². The standard InChI is InChI=1S/C15H30N2O/c1-3-13-7-6-12(2)17(10-13)15(9-16)14-5-4-8-18-11-14/h12-15H,3-11,16H2,1-2H3. The van der Waals surface area contributed by atoms with Gasteiger partial charge >= 0.3 is 0 Å². The molecule has 0 saturated carbocycles. The van der Waals surface area contributed by atoms with E-state index in [4.69, 9.17) is 10.5 Å². The van der Waals surface area contributed by atoms with E-state index >= 15 is 0 Å². The minimum absolute atomic E-state index is 0.537. The molecular weight excluding hydrogens is 224 g/mol. The van der Waals surface area contributed by atoms with Gasteiger partial charge in [0.2, 0.25) is 0 Å². The summed E-state index contributed by atoms with van der Waals surface area (Å²) in [7, 11) is 0. The van der Waals surface area contributed by atoms with Gasteiger partial charge in [-0.3, -0.25) is 4.90 Å². The van der Waals surface area contributed by atoms with E-state index in [-0.39, 0.29) is 0 Å². The Morgan fingerprint density at radius 3 is 2.78 bits per heavy atom. The number of ether oxygens (including phenoxy) is 1. The van der Waals surface area contributed by atoms with Gasteiger partial charge in [0.25, 0.3) is 0 Å².